The highest BCUT2D eigenvalue weighted by Gasteiger charge is 2.40. The lowest BCUT2D eigenvalue weighted by molar-refractivity contribution is -0.145. The predicted octanol–water partition coefficient (Wildman–Crippen LogP) is 4.17. The van der Waals surface area contributed by atoms with E-state index in [9.17, 15) is 14.7 Å². The van der Waals surface area contributed by atoms with E-state index in [4.69, 9.17) is 0 Å². The maximum atomic E-state index is 12.7. The SMILES string of the molecule is CCC(NC(=O)c1cc(Br)ccc1I)(C(=O)O)c1ccccc1. The van der Waals surface area contributed by atoms with Gasteiger partial charge in [0.15, 0.2) is 5.54 Å². The summed E-state index contributed by atoms with van der Waals surface area (Å²) in [5.41, 5.74) is -0.465. The molecule has 2 aromatic rings. The second kappa shape index (κ2) is 7.44. The van der Waals surface area contributed by atoms with Crippen molar-refractivity contribution in [3.8, 4) is 0 Å². The van der Waals surface area contributed by atoms with Gasteiger partial charge in [0, 0.05) is 8.04 Å². The molecule has 1 atom stereocenters. The quantitative estimate of drug-likeness (QED) is 0.622. The van der Waals surface area contributed by atoms with Crippen molar-refractivity contribution in [2.75, 3.05) is 0 Å². The number of nitrogens with one attached hydrogen (secondary N) is 1. The Hall–Kier alpha value is -1.41. The molecule has 0 spiro atoms. The highest BCUT2D eigenvalue weighted by molar-refractivity contribution is 14.1. The number of hydrogen-bond acceptors (Lipinski definition) is 2. The zero-order valence-corrected chi connectivity index (χ0v) is 16.1. The Morgan fingerprint density at radius 3 is 2.43 bits per heavy atom. The van der Waals surface area contributed by atoms with Crippen LogP contribution in [0.5, 0.6) is 0 Å². The fraction of sp³-hybridized carbons (Fsp3) is 0.176. The number of aliphatic carboxylic acids is 1. The predicted molar refractivity (Wildman–Crippen MR) is 100 cm³/mol. The number of benzene rings is 2. The van der Waals surface area contributed by atoms with Crippen LogP contribution < -0.4 is 5.32 Å². The van der Waals surface area contributed by atoms with Gasteiger partial charge in [-0.05, 0) is 52.8 Å². The Labute approximate surface area is 156 Å². The summed E-state index contributed by atoms with van der Waals surface area (Å²) in [6.45, 7) is 1.74. The smallest absolute Gasteiger partial charge is 0.334 e. The molecule has 0 saturated carbocycles. The minimum atomic E-state index is -1.45. The highest BCUT2D eigenvalue weighted by atomic mass is 127. The van der Waals surface area contributed by atoms with E-state index in [2.05, 4.69) is 43.8 Å². The van der Waals surface area contributed by atoms with Crippen LogP contribution in [0.25, 0.3) is 0 Å². The summed E-state index contributed by atoms with van der Waals surface area (Å²) in [5, 5.41) is 12.5. The second-order valence-electron chi connectivity index (χ2n) is 5.01. The van der Waals surface area contributed by atoms with E-state index in [1.165, 1.54) is 0 Å². The number of carboxylic acids is 1. The van der Waals surface area contributed by atoms with Crippen molar-refractivity contribution in [1.29, 1.82) is 0 Å². The third-order valence-electron chi connectivity index (χ3n) is 3.66. The van der Waals surface area contributed by atoms with Gasteiger partial charge in [0.25, 0.3) is 5.91 Å². The minimum Gasteiger partial charge on any atom is -0.479 e. The molecule has 1 unspecified atom stereocenters. The molecule has 0 aliphatic carbocycles. The number of halogens is 2. The van der Waals surface area contributed by atoms with Crippen LogP contribution in [-0.4, -0.2) is 17.0 Å². The van der Waals surface area contributed by atoms with Gasteiger partial charge in [-0.15, -0.1) is 0 Å². The van der Waals surface area contributed by atoms with Crippen molar-refractivity contribution in [3.05, 3.63) is 67.7 Å². The number of amides is 1. The summed E-state index contributed by atoms with van der Waals surface area (Å²) >= 11 is 5.39. The molecule has 120 valence electrons. The minimum absolute atomic E-state index is 0.239. The normalized spacial score (nSPS) is 13.2. The Morgan fingerprint density at radius 2 is 1.87 bits per heavy atom. The van der Waals surface area contributed by atoms with Crippen LogP contribution >= 0.6 is 38.5 Å². The van der Waals surface area contributed by atoms with Crippen LogP contribution in [0, 0.1) is 3.57 Å². The van der Waals surface area contributed by atoms with Crippen LogP contribution in [0.3, 0.4) is 0 Å². The van der Waals surface area contributed by atoms with E-state index in [0.717, 1.165) is 8.04 Å². The zero-order valence-electron chi connectivity index (χ0n) is 12.3. The van der Waals surface area contributed by atoms with Crippen molar-refractivity contribution in [1.82, 2.24) is 5.32 Å². The highest BCUT2D eigenvalue weighted by Crippen LogP contribution is 2.27. The van der Waals surface area contributed by atoms with Gasteiger partial charge < -0.3 is 10.4 Å². The van der Waals surface area contributed by atoms with Gasteiger partial charge in [-0.1, -0.05) is 53.2 Å². The zero-order chi connectivity index (χ0) is 17.0. The van der Waals surface area contributed by atoms with E-state index in [1.54, 1.807) is 43.3 Å². The van der Waals surface area contributed by atoms with Gasteiger partial charge >= 0.3 is 5.97 Å². The lowest BCUT2D eigenvalue weighted by atomic mass is 9.87. The standard InChI is InChI=1S/C17H15BrINO3/c1-2-17(16(22)23,11-6-4-3-5-7-11)20-15(21)13-10-12(18)8-9-14(13)19/h3-10H,2H2,1H3,(H,20,21)(H,22,23). The molecule has 0 bridgehead atoms. The Morgan fingerprint density at radius 1 is 1.22 bits per heavy atom. The van der Waals surface area contributed by atoms with Gasteiger partial charge in [-0.3, -0.25) is 4.79 Å². The molecule has 4 nitrogen and oxygen atoms in total. The summed E-state index contributed by atoms with van der Waals surface area (Å²) in [6.07, 6.45) is 0.239. The Kier molecular flexibility index (Phi) is 5.80. The first-order valence-corrected chi connectivity index (χ1v) is 8.84. The number of carboxylic acid groups (broad SMARTS) is 1. The molecule has 2 rings (SSSR count). The molecule has 6 heteroatoms. The van der Waals surface area contributed by atoms with Crippen molar-refractivity contribution < 1.29 is 14.7 Å². The summed E-state index contributed by atoms with van der Waals surface area (Å²) in [7, 11) is 0. The van der Waals surface area contributed by atoms with Crippen LogP contribution in [0.2, 0.25) is 0 Å². The Bertz CT molecular complexity index is 736. The molecule has 0 aromatic heterocycles. The molecule has 1 amide bonds. The lowest BCUT2D eigenvalue weighted by Crippen LogP contribution is -2.51. The van der Waals surface area contributed by atoms with Crippen LogP contribution in [0.1, 0.15) is 29.3 Å². The van der Waals surface area contributed by atoms with Gasteiger partial charge in [0.2, 0.25) is 0 Å². The van der Waals surface area contributed by atoms with E-state index >= 15 is 0 Å². The summed E-state index contributed by atoms with van der Waals surface area (Å²) in [4.78, 5) is 24.6. The van der Waals surface area contributed by atoms with Crippen molar-refractivity contribution in [2.45, 2.75) is 18.9 Å². The summed E-state index contributed by atoms with van der Waals surface area (Å²) in [6, 6.07) is 14.1. The van der Waals surface area contributed by atoms with Crippen LogP contribution in [0.4, 0.5) is 0 Å². The van der Waals surface area contributed by atoms with E-state index in [1.807, 2.05) is 12.1 Å². The molecule has 0 aliphatic rings. The van der Waals surface area contributed by atoms with Crippen molar-refractivity contribution in [2.24, 2.45) is 0 Å². The molecule has 2 aromatic carbocycles. The molecule has 0 heterocycles. The molecular weight excluding hydrogens is 473 g/mol. The summed E-state index contributed by atoms with van der Waals surface area (Å²) in [5.74, 6) is -1.49. The maximum absolute atomic E-state index is 12.7. The summed E-state index contributed by atoms with van der Waals surface area (Å²) < 4.78 is 1.52. The number of carbonyl (C=O) groups excluding carboxylic acids is 1. The van der Waals surface area contributed by atoms with Gasteiger partial charge in [0.05, 0.1) is 5.56 Å². The Balaban J connectivity index is 2.45. The van der Waals surface area contributed by atoms with Crippen LogP contribution in [-0.2, 0) is 10.3 Å². The lowest BCUT2D eigenvalue weighted by Gasteiger charge is -2.30. The molecular formula is C17H15BrINO3. The largest absolute Gasteiger partial charge is 0.479 e. The monoisotopic (exact) mass is 487 g/mol. The van der Waals surface area contributed by atoms with Crippen molar-refractivity contribution in [3.63, 3.8) is 0 Å². The molecule has 2 N–H and O–H groups in total. The fourth-order valence-electron chi connectivity index (χ4n) is 2.35. The molecule has 23 heavy (non-hydrogen) atoms. The number of hydrogen-bond donors (Lipinski definition) is 2. The average Bonchev–Trinajstić information content (AvgIpc) is 2.55. The first-order chi connectivity index (χ1) is 10.9. The average molecular weight is 488 g/mol. The van der Waals surface area contributed by atoms with E-state index < -0.39 is 17.4 Å². The molecule has 0 fully saturated rings. The van der Waals surface area contributed by atoms with Crippen LogP contribution in [0.15, 0.2) is 53.0 Å². The topological polar surface area (TPSA) is 66.4 Å². The molecule has 0 saturated heterocycles. The van der Waals surface area contributed by atoms with Gasteiger partial charge in [0.1, 0.15) is 0 Å². The second-order valence-corrected chi connectivity index (χ2v) is 7.09. The fourth-order valence-corrected chi connectivity index (χ4v) is 3.29. The third-order valence-corrected chi connectivity index (χ3v) is 5.10. The van der Waals surface area contributed by atoms with Crippen molar-refractivity contribution >= 4 is 50.4 Å². The van der Waals surface area contributed by atoms with Gasteiger partial charge in [-0.2, -0.15) is 0 Å². The first kappa shape index (κ1) is 17.9. The molecule has 0 aliphatic heterocycles. The van der Waals surface area contributed by atoms with E-state index in [-0.39, 0.29) is 6.42 Å². The number of rotatable bonds is 5. The molecule has 0 radical (unpaired) electrons. The third kappa shape index (κ3) is 3.74. The first-order valence-electron chi connectivity index (χ1n) is 6.97. The van der Waals surface area contributed by atoms with Gasteiger partial charge in [-0.25, -0.2) is 4.79 Å². The maximum Gasteiger partial charge on any atom is 0.334 e. The van der Waals surface area contributed by atoms with E-state index in [0.29, 0.717) is 11.1 Å². The number of carbonyl (C=O) groups is 2.